The van der Waals surface area contributed by atoms with E-state index >= 15 is 0 Å². The molecule has 6 heteroatoms. The summed E-state index contributed by atoms with van der Waals surface area (Å²) in [6.45, 7) is 1.22. The fourth-order valence-corrected chi connectivity index (χ4v) is 3.74. The first-order valence-electron chi connectivity index (χ1n) is 5.57. The molecule has 0 radical (unpaired) electrons. The SMILES string of the molecule is Nc1cc(S(=O)(=O)N2CCCCC2)ccc1Br. The summed E-state index contributed by atoms with van der Waals surface area (Å²) in [7, 11) is -3.37. The average molecular weight is 319 g/mol. The number of rotatable bonds is 2. The number of benzene rings is 1. The van der Waals surface area contributed by atoms with Gasteiger partial charge in [0.15, 0.2) is 0 Å². The van der Waals surface area contributed by atoms with Crippen molar-refractivity contribution in [2.45, 2.75) is 24.2 Å². The summed E-state index contributed by atoms with van der Waals surface area (Å²) in [5, 5.41) is 0. The molecular formula is C11H15BrN2O2S. The highest BCUT2D eigenvalue weighted by Crippen LogP contribution is 2.26. The van der Waals surface area contributed by atoms with Crippen molar-refractivity contribution < 1.29 is 8.42 Å². The lowest BCUT2D eigenvalue weighted by Gasteiger charge is -2.26. The molecule has 1 aliphatic rings. The van der Waals surface area contributed by atoms with Crippen LogP contribution in [0.25, 0.3) is 0 Å². The van der Waals surface area contributed by atoms with Gasteiger partial charge in [0, 0.05) is 23.2 Å². The van der Waals surface area contributed by atoms with Gasteiger partial charge in [-0.05, 0) is 47.0 Å². The lowest BCUT2D eigenvalue weighted by Crippen LogP contribution is -2.35. The second-order valence-corrected chi connectivity index (χ2v) is 6.94. The van der Waals surface area contributed by atoms with Crippen LogP contribution in [-0.2, 0) is 10.0 Å². The van der Waals surface area contributed by atoms with Gasteiger partial charge >= 0.3 is 0 Å². The Morgan fingerprint density at radius 1 is 1.18 bits per heavy atom. The number of nitrogens with two attached hydrogens (primary N) is 1. The number of hydrogen-bond acceptors (Lipinski definition) is 3. The van der Waals surface area contributed by atoms with Crippen molar-refractivity contribution in [2.24, 2.45) is 0 Å². The van der Waals surface area contributed by atoms with Crippen molar-refractivity contribution in [3.05, 3.63) is 22.7 Å². The molecule has 17 heavy (non-hydrogen) atoms. The molecule has 0 aromatic heterocycles. The van der Waals surface area contributed by atoms with Crippen LogP contribution in [0.5, 0.6) is 0 Å². The molecule has 1 aliphatic heterocycles. The van der Waals surface area contributed by atoms with Gasteiger partial charge in [-0.3, -0.25) is 0 Å². The van der Waals surface area contributed by atoms with E-state index < -0.39 is 10.0 Å². The molecule has 0 atom stereocenters. The summed E-state index contributed by atoms with van der Waals surface area (Å²) < 4.78 is 26.9. The Kier molecular flexibility index (Phi) is 3.75. The van der Waals surface area contributed by atoms with Crippen LogP contribution in [0.2, 0.25) is 0 Å². The summed E-state index contributed by atoms with van der Waals surface area (Å²) in [6, 6.07) is 4.77. The van der Waals surface area contributed by atoms with Crippen molar-refractivity contribution in [1.82, 2.24) is 4.31 Å². The van der Waals surface area contributed by atoms with E-state index in [9.17, 15) is 8.42 Å². The third-order valence-electron chi connectivity index (χ3n) is 2.92. The number of sulfonamides is 1. The third-order valence-corrected chi connectivity index (χ3v) is 5.54. The molecule has 0 unspecified atom stereocenters. The Bertz CT molecular complexity index is 510. The maximum atomic E-state index is 12.3. The summed E-state index contributed by atoms with van der Waals surface area (Å²) in [5.41, 5.74) is 6.16. The Balaban J connectivity index is 2.33. The number of anilines is 1. The van der Waals surface area contributed by atoms with Gasteiger partial charge in [-0.25, -0.2) is 8.42 Å². The van der Waals surface area contributed by atoms with Gasteiger partial charge in [-0.2, -0.15) is 4.31 Å². The quantitative estimate of drug-likeness (QED) is 0.850. The standard InChI is InChI=1S/C11H15BrN2O2S/c12-10-5-4-9(8-11(10)13)17(15,16)14-6-2-1-3-7-14/h4-5,8H,1-3,6-7,13H2. The van der Waals surface area contributed by atoms with Crippen LogP contribution in [0.15, 0.2) is 27.6 Å². The zero-order chi connectivity index (χ0) is 12.5. The van der Waals surface area contributed by atoms with E-state index in [0.29, 0.717) is 18.8 Å². The number of nitrogens with zero attached hydrogens (tertiary/aromatic N) is 1. The number of hydrogen-bond donors (Lipinski definition) is 1. The minimum Gasteiger partial charge on any atom is -0.398 e. The lowest BCUT2D eigenvalue weighted by molar-refractivity contribution is 0.346. The van der Waals surface area contributed by atoms with E-state index in [1.54, 1.807) is 16.4 Å². The Morgan fingerprint density at radius 2 is 1.82 bits per heavy atom. The van der Waals surface area contributed by atoms with E-state index in [1.807, 2.05) is 0 Å². The molecule has 0 aliphatic carbocycles. The molecule has 1 aromatic carbocycles. The van der Waals surface area contributed by atoms with Crippen LogP contribution in [-0.4, -0.2) is 25.8 Å². The van der Waals surface area contributed by atoms with E-state index in [-0.39, 0.29) is 4.90 Å². The first-order valence-corrected chi connectivity index (χ1v) is 7.80. The summed E-state index contributed by atoms with van der Waals surface area (Å²) in [4.78, 5) is 0.278. The van der Waals surface area contributed by atoms with E-state index in [0.717, 1.165) is 23.7 Å². The summed E-state index contributed by atoms with van der Waals surface area (Å²) in [5.74, 6) is 0. The number of nitrogen functional groups attached to an aromatic ring is 1. The molecule has 1 aromatic rings. The van der Waals surface area contributed by atoms with Crippen LogP contribution in [0.4, 0.5) is 5.69 Å². The zero-order valence-electron chi connectivity index (χ0n) is 9.39. The minimum absolute atomic E-state index is 0.278. The third kappa shape index (κ3) is 2.64. The van der Waals surface area contributed by atoms with Gasteiger partial charge in [-0.1, -0.05) is 6.42 Å². The number of halogens is 1. The van der Waals surface area contributed by atoms with Gasteiger partial charge in [-0.15, -0.1) is 0 Å². The predicted molar refractivity (Wildman–Crippen MR) is 71.2 cm³/mol. The normalized spacial score (nSPS) is 18.2. The van der Waals surface area contributed by atoms with E-state index in [1.165, 1.54) is 6.07 Å². The zero-order valence-corrected chi connectivity index (χ0v) is 11.8. The second-order valence-electron chi connectivity index (χ2n) is 4.15. The fourth-order valence-electron chi connectivity index (χ4n) is 1.94. The average Bonchev–Trinajstić information content (AvgIpc) is 2.33. The van der Waals surface area contributed by atoms with Crippen LogP contribution in [0.1, 0.15) is 19.3 Å². The van der Waals surface area contributed by atoms with Crippen LogP contribution >= 0.6 is 15.9 Å². The molecule has 1 fully saturated rings. The highest BCUT2D eigenvalue weighted by molar-refractivity contribution is 9.10. The molecule has 0 bridgehead atoms. The maximum absolute atomic E-state index is 12.3. The van der Waals surface area contributed by atoms with Gasteiger partial charge in [0.25, 0.3) is 0 Å². The molecule has 94 valence electrons. The molecule has 4 nitrogen and oxygen atoms in total. The summed E-state index contributed by atoms with van der Waals surface area (Å²) in [6.07, 6.45) is 2.98. The minimum atomic E-state index is -3.37. The van der Waals surface area contributed by atoms with E-state index in [4.69, 9.17) is 5.73 Å². The van der Waals surface area contributed by atoms with Crippen LogP contribution in [0, 0.1) is 0 Å². The predicted octanol–water partition coefficient (Wildman–Crippen LogP) is 2.21. The molecule has 2 rings (SSSR count). The maximum Gasteiger partial charge on any atom is 0.243 e. The van der Waals surface area contributed by atoms with Gasteiger partial charge < -0.3 is 5.73 Å². The van der Waals surface area contributed by atoms with E-state index in [2.05, 4.69) is 15.9 Å². The van der Waals surface area contributed by atoms with Gasteiger partial charge in [0.1, 0.15) is 0 Å². The van der Waals surface area contributed by atoms with Crippen molar-refractivity contribution in [2.75, 3.05) is 18.8 Å². The smallest absolute Gasteiger partial charge is 0.243 e. The molecule has 0 spiro atoms. The van der Waals surface area contributed by atoms with Crippen LogP contribution < -0.4 is 5.73 Å². The summed E-state index contributed by atoms with van der Waals surface area (Å²) >= 11 is 3.26. The van der Waals surface area contributed by atoms with Crippen molar-refractivity contribution in [1.29, 1.82) is 0 Å². The lowest BCUT2D eigenvalue weighted by atomic mass is 10.2. The van der Waals surface area contributed by atoms with Crippen molar-refractivity contribution in [3.8, 4) is 0 Å². The Labute approximate surface area is 110 Å². The van der Waals surface area contributed by atoms with Gasteiger partial charge in [0.2, 0.25) is 10.0 Å². The molecular weight excluding hydrogens is 304 g/mol. The fraction of sp³-hybridized carbons (Fsp3) is 0.455. The second kappa shape index (κ2) is 4.96. The molecule has 0 saturated carbocycles. The first kappa shape index (κ1) is 12.9. The van der Waals surface area contributed by atoms with Crippen molar-refractivity contribution in [3.63, 3.8) is 0 Å². The monoisotopic (exact) mass is 318 g/mol. The molecule has 1 saturated heterocycles. The highest BCUT2D eigenvalue weighted by Gasteiger charge is 2.26. The molecule has 2 N–H and O–H groups in total. The Hall–Kier alpha value is -0.590. The Morgan fingerprint density at radius 3 is 2.41 bits per heavy atom. The first-order chi connectivity index (χ1) is 8.01. The molecule has 0 amide bonds. The largest absolute Gasteiger partial charge is 0.398 e. The topological polar surface area (TPSA) is 63.4 Å². The van der Waals surface area contributed by atoms with Crippen molar-refractivity contribution >= 4 is 31.6 Å². The number of piperidine rings is 1. The highest BCUT2D eigenvalue weighted by atomic mass is 79.9. The van der Waals surface area contributed by atoms with Gasteiger partial charge in [0.05, 0.1) is 4.90 Å². The molecule has 1 heterocycles. The van der Waals surface area contributed by atoms with Crippen LogP contribution in [0.3, 0.4) is 0 Å².